The molecule has 0 atom stereocenters. The van der Waals surface area contributed by atoms with Crippen LogP contribution in [0, 0.1) is 13.8 Å². The molecule has 14 heavy (non-hydrogen) atoms. The van der Waals surface area contributed by atoms with Gasteiger partial charge in [0.2, 0.25) is 0 Å². The van der Waals surface area contributed by atoms with Gasteiger partial charge in [-0.15, -0.1) is 0 Å². The van der Waals surface area contributed by atoms with Crippen molar-refractivity contribution in [3.8, 4) is 11.3 Å². The highest BCUT2D eigenvalue weighted by atomic mass is 14.7. The summed E-state index contributed by atoms with van der Waals surface area (Å²) in [5.41, 5.74) is 4.75. The Labute approximate surface area is 84.4 Å². The van der Waals surface area contributed by atoms with Crippen LogP contribution in [0.25, 0.3) is 11.3 Å². The van der Waals surface area contributed by atoms with Crippen LogP contribution in [-0.2, 0) is 0 Å². The zero-order valence-electron chi connectivity index (χ0n) is 8.49. The molecule has 0 saturated heterocycles. The van der Waals surface area contributed by atoms with Crippen LogP contribution in [0.2, 0.25) is 0 Å². The minimum absolute atomic E-state index is 1.05. The first-order valence-corrected chi connectivity index (χ1v) is 4.75. The normalized spacial score (nSPS) is 10.1. The van der Waals surface area contributed by atoms with Crippen LogP contribution in [0.3, 0.4) is 0 Å². The Morgan fingerprint density at radius 1 is 0.929 bits per heavy atom. The largest absolute Gasteiger partial charge is 0.256 e. The molecule has 0 N–H and O–H groups in total. The Morgan fingerprint density at radius 2 is 1.71 bits per heavy atom. The van der Waals surface area contributed by atoms with Crippen molar-refractivity contribution < 1.29 is 0 Å². The maximum Gasteiger partial charge on any atom is 0.0704 e. The van der Waals surface area contributed by atoms with E-state index in [2.05, 4.69) is 49.2 Å². The molecule has 2 aromatic rings. The second-order valence-corrected chi connectivity index (χ2v) is 3.59. The zero-order chi connectivity index (χ0) is 9.97. The molecule has 0 spiro atoms. The van der Waals surface area contributed by atoms with Crippen LogP contribution in [-0.4, -0.2) is 4.98 Å². The average molecular weight is 183 g/mol. The van der Waals surface area contributed by atoms with Gasteiger partial charge in [0.25, 0.3) is 0 Å². The monoisotopic (exact) mass is 183 g/mol. The van der Waals surface area contributed by atoms with Crippen molar-refractivity contribution in [1.82, 2.24) is 4.98 Å². The number of aryl methyl sites for hydroxylation is 2. The van der Waals surface area contributed by atoms with E-state index in [1.54, 1.807) is 0 Å². The van der Waals surface area contributed by atoms with E-state index in [9.17, 15) is 0 Å². The Morgan fingerprint density at radius 3 is 2.43 bits per heavy atom. The molecule has 1 heterocycles. The highest BCUT2D eigenvalue weighted by Gasteiger charge is 1.98. The van der Waals surface area contributed by atoms with Crippen LogP contribution in [0.1, 0.15) is 11.1 Å². The number of hydrogen-bond donors (Lipinski definition) is 0. The number of pyridine rings is 1. The number of aromatic nitrogens is 1. The van der Waals surface area contributed by atoms with E-state index in [1.165, 1.54) is 16.7 Å². The third kappa shape index (κ3) is 1.82. The fourth-order valence-electron chi connectivity index (χ4n) is 1.50. The van der Waals surface area contributed by atoms with Gasteiger partial charge in [0.1, 0.15) is 0 Å². The molecule has 1 heteroatoms. The van der Waals surface area contributed by atoms with Crippen LogP contribution in [0.5, 0.6) is 0 Å². The highest BCUT2D eigenvalue weighted by molar-refractivity contribution is 5.60. The van der Waals surface area contributed by atoms with E-state index in [4.69, 9.17) is 0 Å². The smallest absolute Gasteiger partial charge is 0.0704 e. The summed E-state index contributed by atoms with van der Waals surface area (Å²) in [5.74, 6) is 0. The number of hydrogen-bond acceptors (Lipinski definition) is 1. The Kier molecular flexibility index (Phi) is 2.32. The van der Waals surface area contributed by atoms with Crippen molar-refractivity contribution in [2.45, 2.75) is 13.8 Å². The van der Waals surface area contributed by atoms with Gasteiger partial charge >= 0.3 is 0 Å². The molecule has 0 unspecified atom stereocenters. The summed E-state index contributed by atoms with van der Waals surface area (Å²) in [5, 5.41) is 0. The predicted octanol–water partition coefficient (Wildman–Crippen LogP) is 3.37. The van der Waals surface area contributed by atoms with Gasteiger partial charge in [-0.1, -0.05) is 23.8 Å². The fraction of sp³-hybridized carbons (Fsp3) is 0.154. The second kappa shape index (κ2) is 3.62. The maximum atomic E-state index is 4.35. The molecule has 0 aliphatic heterocycles. The van der Waals surface area contributed by atoms with Gasteiger partial charge in [-0.2, -0.15) is 0 Å². The summed E-state index contributed by atoms with van der Waals surface area (Å²) in [4.78, 5) is 4.35. The molecular weight excluding hydrogens is 170 g/mol. The van der Waals surface area contributed by atoms with Crippen molar-refractivity contribution in [3.63, 3.8) is 0 Å². The van der Waals surface area contributed by atoms with E-state index in [0.717, 1.165) is 5.69 Å². The van der Waals surface area contributed by atoms with Gasteiger partial charge < -0.3 is 0 Å². The van der Waals surface area contributed by atoms with Crippen LogP contribution in [0.4, 0.5) is 0 Å². The molecule has 70 valence electrons. The fourth-order valence-corrected chi connectivity index (χ4v) is 1.50. The van der Waals surface area contributed by atoms with E-state index in [0.29, 0.717) is 0 Å². The summed E-state index contributed by atoms with van der Waals surface area (Å²) in [6, 6.07) is 12.5. The Bertz CT molecular complexity index is 403. The molecule has 2 rings (SSSR count). The summed E-state index contributed by atoms with van der Waals surface area (Å²) in [7, 11) is 0. The lowest BCUT2D eigenvalue weighted by Gasteiger charge is -2.02. The number of nitrogens with zero attached hydrogens (tertiary/aromatic N) is 1. The molecule has 0 aliphatic rings. The van der Waals surface area contributed by atoms with Gasteiger partial charge in [0, 0.05) is 11.8 Å². The van der Waals surface area contributed by atoms with Crippen molar-refractivity contribution in [2.75, 3.05) is 0 Å². The summed E-state index contributed by atoms with van der Waals surface area (Å²) >= 11 is 0. The van der Waals surface area contributed by atoms with Crippen molar-refractivity contribution >= 4 is 0 Å². The van der Waals surface area contributed by atoms with Crippen molar-refractivity contribution in [2.24, 2.45) is 0 Å². The lowest BCUT2D eigenvalue weighted by Crippen LogP contribution is -1.84. The summed E-state index contributed by atoms with van der Waals surface area (Å²) in [6.45, 7) is 4.18. The summed E-state index contributed by atoms with van der Waals surface area (Å²) < 4.78 is 0. The quantitative estimate of drug-likeness (QED) is 0.660. The van der Waals surface area contributed by atoms with Crippen LogP contribution < -0.4 is 0 Å². The minimum Gasteiger partial charge on any atom is -0.256 e. The maximum absolute atomic E-state index is 4.35. The minimum atomic E-state index is 1.05. The van der Waals surface area contributed by atoms with Gasteiger partial charge in [0.15, 0.2) is 0 Å². The molecule has 0 bridgehead atoms. The molecule has 1 aromatic heterocycles. The molecular formula is C13H13N. The van der Waals surface area contributed by atoms with Gasteiger partial charge in [-0.05, 0) is 37.6 Å². The molecule has 0 fully saturated rings. The van der Waals surface area contributed by atoms with Crippen molar-refractivity contribution in [3.05, 3.63) is 53.7 Å². The molecule has 0 amide bonds. The van der Waals surface area contributed by atoms with Crippen LogP contribution >= 0.6 is 0 Å². The average Bonchev–Trinajstić information content (AvgIpc) is 2.18. The standard InChI is InChI=1S/C13H13N/c1-10-4-3-5-12(8-10)13-9-11(2)6-7-14-13/h3-9H,1-2H3. The van der Waals surface area contributed by atoms with Gasteiger partial charge in [-0.3, -0.25) is 4.98 Å². The lowest BCUT2D eigenvalue weighted by atomic mass is 10.1. The first-order chi connectivity index (χ1) is 6.75. The topological polar surface area (TPSA) is 12.9 Å². The third-order valence-corrected chi connectivity index (χ3v) is 2.23. The van der Waals surface area contributed by atoms with E-state index < -0.39 is 0 Å². The lowest BCUT2D eigenvalue weighted by molar-refractivity contribution is 1.28. The Hall–Kier alpha value is -1.63. The van der Waals surface area contributed by atoms with E-state index >= 15 is 0 Å². The first-order valence-electron chi connectivity index (χ1n) is 4.75. The van der Waals surface area contributed by atoms with Crippen molar-refractivity contribution in [1.29, 1.82) is 0 Å². The van der Waals surface area contributed by atoms with Gasteiger partial charge in [-0.25, -0.2) is 0 Å². The number of benzene rings is 1. The number of rotatable bonds is 1. The highest BCUT2D eigenvalue weighted by Crippen LogP contribution is 2.18. The Balaban J connectivity index is 2.49. The second-order valence-electron chi connectivity index (χ2n) is 3.59. The third-order valence-electron chi connectivity index (χ3n) is 2.23. The zero-order valence-corrected chi connectivity index (χ0v) is 8.49. The SMILES string of the molecule is Cc1cccc(-c2cc(C)ccn2)c1. The molecule has 0 saturated carbocycles. The predicted molar refractivity (Wildman–Crippen MR) is 59.1 cm³/mol. The van der Waals surface area contributed by atoms with Crippen LogP contribution in [0.15, 0.2) is 42.6 Å². The van der Waals surface area contributed by atoms with E-state index in [1.807, 2.05) is 12.3 Å². The molecule has 1 aromatic carbocycles. The molecule has 1 nitrogen and oxygen atoms in total. The first kappa shape index (κ1) is 8.95. The molecule has 0 radical (unpaired) electrons. The molecule has 0 aliphatic carbocycles. The van der Waals surface area contributed by atoms with Gasteiger partial charge in [0.05, 0.1) is 5.69 Å². The van der Waals surface area contributed by atoms with E-state index in [-0.39, 0.29) is 0 Å². The summed E-state index contributed by atoms with van der Waals surface area (Å²) in [6.07, 6.45) is 1.85.